The van der Waals surface area contributed by atoms with Gasteiger partial charge in [-0.05, 0) is 61.6 Å². The van der Waals surface area contributed by atoms with Crippen molar-refractivity contribution < 1.29 is 9.47 Å². The Morgan fingerprint density at radius 3 is 2.50 bits per heavy atom. The summed E-state index contributed by atoms with van der Waals surface area (Å²) in [5, 5.41) is 12.4. The van der Waals surface area contributed by atoms with Crippen LogP contribution in [0, 0.1) is 17.8 Å². The Bertz CT molecular complexity index is 808. The van der Waals surface area contributed by atoms with Crippen LogP contribution in [0.3, 0.4) is 0 Å². The number of hydrogen-bond donors (Lipinski definition) is 1. The summed E-state index contributed by atoms with van der Waals surface area (Å²) in [6, 6.07) is 8.33. The molecule has 1 aliphatic carbocycles. The molecule has 3 aliphatic rings. The van der Waals surface area contributed by atoms with Gasteiger partial charge in [0.05, 0.1) is 12.8 Å². The van der Waals surface area contributed by atoms with Crippen LogP contribution >= 0.6 is 0 Å². The van der Waals surface area contributed by atoms with Crippen LogP contribution in [-0.2, 0) is 4.74 Å². The van der Waals surface area contributed by atoms with Crippen LogP contribution < -0.4 is 10.1 Å². The molecular formula is C23H31N5O2. The van der Waals surface area contributed by atoms with E-state index in [2.05, 4.69) is 25.4 Å². The van der Waals surface area contributed by atoms with Crippen molar-refractivity contribution in [3.05, 3.63) is 30.5 Å². The molecule has 2 aliphatic heterocycles. The fourth-order valence-electron chi connectivity index (χ4n) is 5.38. The first-order valence-corrected chi connectivity index (χ1v) is 11.2. The van der Waals surface area contributed by atoms with Crippen LogP contribution in [0.25, 0.3) is 11.3 Å². The zero-order chi connectivity index (χ0) is 20.3. The average Bonchev–Trinajstić information content (AvgIpc) is 3.33. The van der Waals surface area contributed by atoms with Crippen molar-refractivity contribution >= 4 is 5.82 Å². The van der Waals surface area contributed by atoms with Gasteiger partial charge in [-0.1, -0.05) is 0 Å². The van der Waals surface area contributed by atoms with Gasteiger partial charge in [0.1, 0.15) is 5.82 Å². The summed E-state index contributed by atoms with van der Waals surface area (Å²) < 4.78 is 10.6. The van der Waals surface area contributed by atoms with Gasteiger partial charge in [-0.25, -0.2) is 4.98 Å². The highest BCUT2D eigenvalue weighted by Crippen LogP contribution is 2.39. The highest BCUT2D eigenvalue weighted by Gasteiger charge is 2.41. The fraction of sp³-hybridized carbons (Fsp3) is 0.609. The Morgan fingerprint density at radius 1 is 1.07 bits per heavy atom. The number of anilines is 1. The quantitative estimate of drug-likeness (QED) is 0.786. The van der Waals surface area contributed by atoms with E-state index in [4.69, 9.17) is 9.47 Å². The van der Waals surface area contributed by atoms with E-state index < -0.39 is 0 Å². The predicted octanol–water partition coefficient (Wildman–Crippen LogP) is 3.10. The van der Waals surface area contributed by atoms with Crippen LogP contribution in [-0.4, -0.2) is 66.1 Å². The fourth-order valence-corrected chi connectivity index (χ4v) is 5.38. The van der Waals surface area contributed by atoms with Gasteiger partial charge < -0.3 is 19.7 Å². The Morgan fingerprint density at radius 2 is 1.87 bits per heavy atom. The van der Waals surface area contributed by atoms with Gasteiger partial charge in [0.2, 0.25) is 5.88 Å². The minimum atomic E-state index is 0.507. The SMILES string of the molecule is COc1ccc(-c2ccc(N[C@H]3C[C@@H]4CN(CC5CCOCC5)C[C@@H]4C3)nn2)cn1. The molecule has 0 unspecified atom stereocenters. The molecule has 0 bridgehead atoms. The van der Waals surface area contributed by atoms with Gasteiger partial charge in [0, 0.05) is 56.7 Å². The lowest BCUT2D eigenvalue weighted by Gasteiger charge is -2.27. The number of methoxy groups -OCH3 is 1. The Balaban J connectivity index is 1.12. The van der Waals surface area contributed by atoms with Gasteiger partial charge in [-0.15, -0.1) is 10.2 Å². The molecule has 30 heavy (non-hydrogen) atoms. The number of rotatable bonds is 6. The Kier molecular flexibility index (Phi) is 5.82. The number of ether oxygens (including phenoxy) is 2. The third-order valence-electron chi connectivity index (χ3n) is 6.94. The van der Waals surface area contributed by atoms with Crippen LogP contribution in [0.2, 0.25) is 0 Å². The number of fused-ring (bicyclic) bond motifs is 1. The Labute approximate surface area is 178 Å². The second-order valence-corrected chi connectivity index (χ2v) is 9.00. The molecule has 2 aromatic rings. The number of hydrogen-bond acceptors (Lipinski definition) is 7. The second kappa shape index (κ2) is 8.86. The molecule has 0 radical (unpaired) electrons. The standard InChI is InChI=1S/C23H31N5O2/c1-29-23-5-2-17(12-24-23)21-3-4-22(27-26-21)25-20-10-18-14-28(15-19(18)11-20)13-16-6-8-30-9-7-16/h2-5,12,16,18-20H,6-11,13-15H2,1H3,(H,25,27)/t18-,19+,20+. The van der Waals surface area contributed by atoms with Crippen molar-refractivity contribution in [2.75, 3.05) is 45.3 Å². The number of nitrogens with one attached hydrogen (secondary N) is 1. The third kappa shape index (κ3) is 4.42. The molecule has 2 aromatic heterocycles. The number of nitrogens with zero attached hydrogens (tertiary/aromatic N) is 4. The maximum absolute atomic E-state index is 5.51. The average molecular weight is 410 g/mol. The molecule has 5 rings (SSSR count). The minimum absolute atomic E-state index is 0.507. The zero-order valence-electron chi connectivity index (χ0n) is 17.7. The van der Waals surface area contributed by atoms with E-state index >= 15 is 0 Å². The highest BCUT2D eigenvalue weighted by molar-refractivity contribution is 5.58. The lowest BCUT2D eigenvalue weighted by Crippen LogP contribution is -2.32. The lowest BCUT2D eigenvalue weighted by molar-refractivity contribution is 0.0545. The smallest absolute Gasteiger partial charge is 0.212 e. The maximum Gasteiger partial charge on any atom is 0.212 e. The second-order valence-electron chi connectivity index (χ2n) is 9.00. The van der Waals surface area contributed by atoms with Gasteiger partial charge in [0.25, 0.3) is 0 Å². The molecule has 1 N–H and O–H groups in total. The summed E-state index contributed by atoms with van der Waals surface area (Å²) in [4.78, 5) is 6.95. The lowest BCUT2D eigenvalue weighted by atomic mass is 10.00. The van der Waals surface area contributed by atoms with E-state index in [1.165, 1.54) is 45.3 Å². The van der Waals surface area contributed by atoms with E-state index in [1.807, 2.05) is 24.3 Å². The third-order valence-corrected chi connectivity index (χ3v) is 6.94. The molecule has 3 fully saturated rings. The van der Waals surface area contributed by atoms with Crippen molar-refractivity contribution in [1.29, 1.82) is 0 Å². The van der Waals surface area contributed by atoms with Crippen molar-refractivity contribution in [2.24, 2.45) is 17.8 Å². The normalized spacial score (nSPS) is 27.2. The molecule has 0 aromatic carbocycles. The van der Waals surface area contributed by atoms with E-state index in [1.54, 1.807) is 13.3 Å². The van der Waals surface area contributed by atoms with Crippen LogP contribution in [0.15, 0.2) is 30.5 Å². The molecule has 4 heterocycles. The van der Waals surface area contributed by atoms with Crippen LogP contribution in [0.1, 0.15) is 25.7 Å². The summed E-state index contributed by atoms with van der Waals surface area (Å²) in [6.45, 7) is 5.69. The molecule has 7 heteroatoms. The summed E-state index contributed by atoms with van der Waals surface area (Å²) >= 11 is 0. The summed E-state index contributed by atoms with van der Waals surface area (Å²) in [5.41, 5.74) is 1.76. The maximum atomic E-state index is 5.51. The van der Waals surface area contributed by atoms with Gasteiger partial charge in [-0.2, -0.15) is 0 Å². The van der Waals surface area contributed by atoms with E-state index in [-0.39, 0.29) is 0 Å². The van der Waals surface area contributed by atoms with Crippen LogP contribution in [0.5, 0.6) is 5.88 Å². The molecule has 0 amide bonds. The van der Waals surface area contributed by atoms with Gasteiger partial charge >= 0.3 is 0 Å². The predicted molar refractivity (Wildman–Crippen MR) is 115 cm³/mol. The van der Waals surface area contributed by atoms with Crippen molar-refractivity contribution in [1.82, 2.24) is 20.1 Å². The number of pyridine rings is 1. The van der Waals surface area contributed by atoms with Crippen molar-refractivity contribution in [2.45, 2.75) is 31.7 Å². The molecular weight excluding hydrogens is 378 g/mol. The monoisotopic (exact) mass is 409 g/mol. The van der Waals surface area contributed by atoms with Crippen molar-refractivity contribution in [3.8, 4) is 17.1 Å². The molecule has 0 spiro atoms. The molecule has 160 valence electrons. The first-order valence-electron chi connectivity index (χ1n) is 11.2. The molecule has 7 nitrogen and oxygen atoms in total. The number of aromatic nitrogens is 3. The Hall–Kier alpha value is -2.25. The van der Waals surface area contributed by atoms with Gasteiger partial charge in [-0.3, -0.25) is 0 Å². The first kappa shape index (κ1) is 19.7. The first-order chi connectivity index (χ1) is 14.8. The summed E-state index contributed by atoms with van der Waals surface area (Å²) in [6.07, 6.45) is 6.70. The highest BCUT2D eigenvalue weighted by atomic mass is 16.5. The minimum Gasteiger partial charge on any atom is -0.481 e. The molecule has 2 saturated heterocycles. The van der Waals surface area contributed by atoms with E-state index in [0.29, 0.717) is 11.9 Å². The molecule has 3 atom stereocenters. The largest absolute Gasteiger partial charge is 0.481 e. The van der Waals surface area contributed by atoms with Crippen LogP contribution in [0.4, 0.5) is 5.82 Å². The van der Waals surface area contributed by atoms with Gasteiger partial charge in [0.15, 0.2) is 0 Å². The molecule has 1 saturated carbocycles. The van der Waals surface area contributed by atoms with Crippen molar-refractivity contribution in [3.63, 3.8) is 0 Å². The number of likely N-dealkylation sites (tertiary alicyclic amines) is 1. The summed E-state index contributed by atoms with van der Waals surface area (Å²) in [5.74, 6) is 3.94. The van der Waals surface area contributed by atoms with E-state index in [0.717, 1.165) is 48.0 Å². The van der Waals surface area contributed by atoms with E-state index in [9.17, 15) is 0 Å². The topological polar surface area (TPSA) is 72.4 Å². The zero-order valence-corrected chi connectivity index (χ0v) is 17.7. The summed E-state index contributed by atoms with van der Waals surface area (Å²) in [7, 11) is 1.61.